The van der Waals surface area contributed by atoms with Crippen molar-refractivity contribution in [3.63, 3.8) is 0 Å². The van der Waals surface area contributed by atoms with Gasteiger partial charge in [0, 0.05) is 24.9 Å². The van der Waals surface area contributed by atoms with Crippen LogP contribution < -0.4 is 5.32 Å². The van der Waals surface area contributed by atoms with Crippen LogP contribution in [-0.2, 0) is 11.2 Å². The fraction of sp³-hybridized carbons (Fsp3) is 0.353. The number of nitrogens with one attached hydrogen (secondary N) is 1. The molecule has 1 amide bonds. The molecule has 0 aliphatic heterocycles. The number of rotatable bonds is 4. The van der Waals surface area contributed by atoms with E-state index in [9.17, 15) is 10.1 Å². The number of amides is 1. The molecule has 1 N–H and O–H groups in total. The van der Waals surface area contributed by atoms with Crippen LogP contribution in [0, 0.1) is 11.3 Å². The Bertz CT molecular complexity index is 723. The van der Waals surface area contributed by atoms with Crippen molar-refractivity contribution in [2.24, 2.45) is 0 Å². The largest absolute Gasteiger partial charge is 0.444 e. The minimum absolute atomic E-state index is 0.426. The van der Waals surface area contributed by atoms with E-state index in [-0.39, 0.29) is 0 Å². The second kappa shape index (κ2) is 6.97. The van der Waals surface area contributed by atoms with Gasteiger partial charge in [0.15, 0.2) is 0 Å². The molecular weight excluding hydrogens is 292 g/mol. The normalized spacial score (nSPS) is 10.9. The number of nitrogens with zero attached hydrogens (tertiary/aromatic N) is 3. The molecule has 0 bridgehead atoms. The maximum Gasteiger partial charge on any atom is 0.407 e. The van der Waals surface area contributed by atoms with Crippen LogP contribution >= 0.6 is 0 Å². The quantitative estimate of drug-likeness (QED) is 0.941. The fourth-order valence-corrected chi connectivity index (χ4v) is 2.11. The Labute approximate surface area is 135 Å². The second-order valence-corrected chi connectivity index (χ2v) is 6.06. The number of carbonyl (C=O) groups is 1. The molecule has 23 heavy (non-hydrogen) atoms. The first-order valence-corrected chi connectivity index (χ1v) is 7.38. The van der Waals surface area contributed by atoms with Crippen LogP contribution in [-0.4, -0.2) is 27.8 Å². The highest BCUT2D eigenvalue weighted by Crippen LogP contribution is 2.16. The van der Waals surface area contributed by atoms with E-state index in [4.69, 9.17) is 4.74 Å². The number of alkyl carbamates (subject to hydrolysis) is 1. The Morgan fingerprint density at radius 2 is 2.13 bits per heavy atom. The van der Waals surface area contributed by atoms with E-state index < -0.39 is 11.7 Å². The van der Waals surface area contributed by atoms with Gasteiger partial charge in [-0.05, 0) is 32.9 Å². The first-order valence-electron chi connectivity index (χ1n) is 7.38. The van der Waals surface area contributed by atoms with Crippen LogP contribution in [0.3, 0.4) is 0 Å². The average Bonchev–Trinajstić information content (AvgIpc) is 2.93. The Morgan fingerprint density at radius 1 is 1.39 bits per heavy atom. The summed E-state index contributed by atoms with van der Waals surface area (Å²) in [4.78, 5) is 15.8. The average molecular weight is 312 g/mol. The van der Waals surface area contributed by atoms with Gasteiger partial charge in [0.25, 0.3) is 0 Å². The van der Waals surface area contributed by atoms with E-state index in [1.807, 2.05) is 43.5 Å². The minimum Gasteiger partial charge on any atom is -0.444 e. The van der Waals surface area contributed by atoms with Crippen molar-refractivity contribution in [3.05, 3.63) is 48.0 Å². The number of hydrogen-bond acceptors (Lipinski definition) is 4. The van der Waals surface area contributed by atoms with Gasteiger partial charge in [-0.3, -0.25) is 0 Å². The molecule has 1 heterocycles. The molecule has 2 rings (SSSR count). The molecule has 0 unspecified atom stereocenters. The highest BCUT2D eigenvalue weighted by atomic mass is 16.6. The first kappa shape index (κ1) is 16.6. The number of ether oxygens (including phenoxy) is 1. The van der Waals surface area contributed by atoms with E-state index in [1.165, 1.54) is 0 Å². The molecule has 0 atom stereocenters. The Balaban J connectivity index is 2.03. The molecule has 0 aliphatic rings. The van der Waals surface area contributed by atoms with E-state index >= 15 is 0 Å². The molecule has 0 fully saturated rings. The van der Waals surface area contributed by atoms with Gasteiger partial charge in [-0.25, -0.2) is 9.78 Å². The van der Waals surface area contributed by atoms with Crippen LogP contribution in [0.15, 0.2) is 36.8 Å². The highest BCUT2D eigenvalue weighted by molar-refractivity contribution is 5.67. The minimum atomic E-state index is -0.516. The van der Waals surface area contributed by atoms with Gasteiger partial charge < -0.3 is 14.6 Å². The first-order chi connectivity index (χ1) is 10.9. The van der Waals surface area contributed by atoms with Gasteiger partial charge in [0.05, 0.1) is 17.6 Å². The van der Waals surface area contributed by atoms with Crippen molar-refractivity contribution in [2.75, 3.05) is 6.54 Å². The summed E-state index contributed by atoms with van der Waals surface area (Å²) in [5, 5.41) is 11.9. The van der Waals surface area contributed by atoms with Crippen LogP contribution in [0.5, 0.6) is 0 Å². The molecular formula is C17H20N4O2. The summed E-state index contributed by atoms with van der Waals surface area (Å²) in [6.45, 7) is 5.89. The molecule has 120 valence electrons. The maximum atomic E-state index is 11.6. The standard InChI is InChI=1S/C17H20N4O2/c1-17(2,3)23-16(22)20-9-8-14-11-19-12-21(14)15-7-5-4-6-13(15)10-18/h4-7,11-12H,8-9H2,1-3H3,(H,20,22). The summed E-state index contributed by atoms with van der Waals surface area (Å²) in [6, 6.07) is 9.50. The van der Waals surface area contributed by atoms with Gasteiger partial charge in [-0.1, -0.05) is 12.1 Å². The highest BCUT2D eigenvalue weighted by Gasteiger charge is 2.16. The van der Waals surface area contributed by atoms with Crippen LogP contribution in [0.2, 0.25) is 0 Å². The van der Waals surface area contributed by atoms with E-state index in [2.05, 4.69) is 16.4 Å². The summed E-state index contributed by atoms with van der Waals surface area (Å²) < 4.78 is 7.05. The van der Waals surface area contributed by atoms with Crippen molar-refractivity contribution in [2.45, 2.75) is 32.8 Å². The summed E-state index contributed by atoms with van der Waals surface area (Å²) in [5.74, 6) is 0. The Kier molecular flexibility index (Phi) is 5.02. The summed E-state index contributed by atoms with van der Waals surface area (Å²) >= 11 is 0. The lowest BCUT2D eigenvalue weighted by Crippen LogP contribution is -2.33. The lowest BCUT2D eigenvalue weighted by molar-refractivity contribution is 0.0528. The third-order valence-electron chi connectivity index (χ3n) is 3.05. The number of hydrogen-bond donors (Lipinski definition) is 1. The number of imidazole rings is 1. The Morgan fingerprint density at radius 3 is 2.83 bits per heavy atom. The van der Waals surface area contributed by atoms with Crippen molar-refractivity contribution in [1.82, 2.24) is 14.9 Å². The predicted molar refractivity (Wildman–Crippen MR) is 86.2 cm³/mol. The van der Waals surface area contributed by atoms with Crippen molar-refractivity contribution >= 4 is 6.09 Å². The predicted octanol–water partition coefficient (Wildman–Crippen LogP) is 2.81. The number of aromatic nitrogens is 2. The number of carbonyl (C=O) groups excluding carboxylic acids is 1. The monoisotopic (exact) mass is 312 g/mol. The van der Waals surface area contributed by atoms with Crippen molar-refractivity contribution < 1.29 is 9.53 Å². The molecule has 1 aromatic heterocycles. The SMILES string of the molecule is CC(C)(C)OC(=O)NCCc1cncn1-c1ccccc1C#N. The van der Waals surface area contributed by atoms with Gasteiger partial charge in [-0.15, -0.1) is 0 Å². The summed E-state index contributed by atoms with van der Waals surface area (Å²) in [7, 11) is 0. The summed E-state index contributed by atoms with van der Waals surface area (Å²) in [6.07, 6.45) is 3.53. The molecule has 6 nitrogen and oxygen atoms in total. The van der Waals surface area contributed by atoms with Crippen molar-refractivity contribution in [3.8, 4) is 11.8 Å². The van der Waals surface area contributed by atoms with Gasteiger partial charge in [-0.2, -0.15) is 5.26 Å². The molecule has 6 heteroatoms. The molecule has 2 aromatic rings. The van der Waals surface area contributed by atoms with E-state index in [0.29, 0.717) is 18.5 Å². The summed E-state index contributed by atoms with van der Waals surface area (Å²) in [5.41, 5.74) is 1.74. The molecule has 0 spiro atoms. The smallest absolute Gasteiger partial charge is 0.407 e. The molecule has 0 saturated carbocycles. The zero-order chi connectivity index (χ0) is 16.9. The maximum absolute atomic E-state index is 11.6. The lowest BCUT2D eigenvalue weighted by atomic mass is 10.2. The third-order valence-corrected chi connectivity index (χ3v) is 3.05. The molecule has 1 aromatic carbocycles. The third kappa shape index (κ3) is 4.58. The van der Waals surface area contributed by atoms with Crippen LogP contribution in [0.25, 0.3) is 5.69 Å². The number of para-hydroxylation sites is 1. The topological polar surface area (TPSA) is 79.9 Å². The van der Waals surface area contributed by atoms with E-state index in [1.54, 1.807) is 18.6 Å². The van der Waals surface area contributed by atoms with Crippen LogP contribution in [0.4, 0.5) is 4.79 Å². The lowest BCUT2D eigenvalue weighted by Gasteiger charge is -2.19. The van der Waals surface area contributed by atoms with Crippen LogP contribution in [0.1, 0.15) is 32.0 Å². The molecule has 0 radical (unpaired) electrons. The fourth-order valence-electron chi connectivity index (χ4n) is 2.11. The second-order valence-electron chi connectivity index (χ2n) is 6.06. The number of nitriles is 1. The van der Waals surface area contributed by atoms with Gasteiger partial charge in [0.1, 0.15) is 11.7 Å². The molecule has 0 saturated heterocycles. The Hall–Kier alpha value is -2.81. The zero-order valence-corrected chi connectivity index (χ0v) is 13.5. The molecule has 0 aliphatic carbocycles. The van der Waals surface area contributed by atoms with Gasteiger partial charge in [0.2, 0.25) is 0 Å². The van der Waals surface area contributed by atoms with Crippen molar-refractivity contribution in [1.29, 1.82) is 5.26 Å². The van der Waals surface area contributed by atoms with Gasteiger partial charge >= 0.3 is 6.09 Å². The number of benzene rings is 1. The van der Waals surface area contributed by atoms with E-state index in [0.717, 1.165) is 11.4 Å². The zero-order valence-electron chi connectivity index (χ0n) is 13.5.